The molecule has 0 amide bonds. The van der Waals surface area contributed by atoms with E-state index in [-0.39, 0.29) is 5.82 Å². The highest BCUT2D eigenvalue weighted by Crippen LogP contribution is 2.17. The van der Waals surface area contributed by atoms with Crippen molar-refractivity contribution in [3.05, 3.63) is 34.6 Å². The Kier molecular flexibility index (Phi) is 3.07. The molecule has 0 bridgehead atoms. The van der Waals surface area contributed by atoms with E-state index in [1.165, 1.54) is 5.56 Å². The molecular weight excluding hydrogens is 163 g/mol. The first-order valence-corrected chi connectivity index (χ1v) is 4.76. The van der Waals surface area contributed by atoms with Crippen LogP contribution in [-0.2, 0) is 6.42 Å². The lowest BCUT2D eigenvalue weighted by molar-refractivity contribution is 0.609. The summed E-state index contributed by atoms with van der Waals surface area (Å²) in [6.07, 6.45) is 1.03. The fourth-order valence-electron chi connectivity index (χ4n) is 1.50. The molecule has 0 aliphatic heterocycles. The van der Waals surface area contributed by atoms with Gasteiger partial charge in [-0.25, -0.2) is 4.39 Å². The molecule has 1 aromatic carbocycles. The van der Waals surface area contributed by atoms with E-state index in [1.807, 2.05) is 19.9 Å². The summed E-state index contributed by atoms with van der Waals surface area (Å²) in [5.41, 5.74) is 3.09. The first-order valence-electron chi connectivity index (χ1n) is 4.76. The largest absolute Gasteiger partial charge is 0.207 e. The van der Waals surface area contributed by atoms with Crippen molar-refractivity contribution in [3.63, 3.8) is 0 Å². The molecule has 0 radical (unpaired) electrons. The minimum Gasteiger partial charge on any atom is -0.207 e. The molecule has 0 N–H and O–H groups in total. The van der Waals surface area contributed by atoms with Crippen LogP contribution in [0.4, 0.5) is 4.39 Å². The van der Waals surface area contributed by atoms with E-state index in [9.17, 15) is 4.39 Å². The molecule has 13 heavy (non-hydrogen) atoms. The van der Waals surface area contributed by atoms with E-state index >= 15 is 0 Å². The maximum absolute atomic E-state index is 13.1. The van der Waals surface area contributed by atoms with Gasteiger partial charge in [-0.3, -0.25) is 0 Å². The highest BCUT2D eigenvalue weighted by molar-refractivity contribution is 5.31. The highest BCUT2D eigenvalue weighted by atomic mass is 19.1. The number of rotatable bonds is 2. The molecule has 0 unspecified atom stereocenters. The van der Waals surface area contributed by atoms with Crippen LogP contribution in [0.3, 0.4) is 0 Å². The van der Waals surface area contributed by atoms with Crippen molar-refractivity contribution in [2.45, 2.75) is 34.1 Å². The maximum atomic E-state index is 13.1. The summed E-state index contributed by atoms with van der Waals surface area (Å²) >= 11 is 0. The predicted octanol–water partition coefficient (Wildman–Crippen LogP) is 3.64. The van der Waals surface area contributed by atoms with Crippen LogP contribution in [0, 0.1) is 25.6 Å². The maximum Gasteiger partial charge on any atom is 0.126 e. The van der Waals surface area contributed by atoms with Gasteiger partial charge in [-0.15, -0.1) is 0 Å². The van der Waals surface area contributed by atoms with E-state index in [1.54, 1.807) is 6.07 Å². The van der Waals surface area contributed by atoms with Crippen molar-refractivity contribution < 1.29 is 4.39 Å². The molecule has 0 spiro atoms. The van der Waals surface area contributed by atoms with Gasteiger partial charge in [0.2, 0.25) is 0 Å². The first-order chi connectivity index (χ1) is 6.00. The molecule has 0 aliphatic rings. The van der Waals surface area contributed by atoms with Gasteiger partial charge < -0.3 is 0 Å². The Morgan fingerprint density at radius 2 is 1.77 bits per heavy atom. The number of hydrogen-bond acceptors (Lipinski definition) is 0. The van der Waals surface area contributed by atoms with Gasteiger partial charge in [-0.05, 0) is 48.9 Å². The molecular formula is C12H17F. The molecule has 1 aromatic rings. The van der Waals surface area contributed by atoms with Crippen molar-refractivity contribution in [2.75, 3.05) is 0 Å². The SMILES string of the molecule is Cc1cc(CC(C)C)c(C)cc1F. The Bertz CT molecular complexity index is 300. The topological polar surface area (TPSA) is 0 Å². The molecule has 0 aromatic heterocycles. The Hall–Kier alpha value is -0.850. The minimum atomic E-state index is -0.0926. The number of halogens is 1. The summed E-state index contributed by atoms with van der Waals surface area (Å²) in [7, 11) is 0. The second kappa shape index (κ2) is 3.91. The quantitative estimate of drug-likeness (QED) is 0.651. The normalized spacial score (nSPS) is 10.9. The van der Waals surface area contributed by atoms with Gasteiger partial charge in [-0.2, -0.15) is 0 Å². The number of aryl methyl sites for hydroxylation is 2. The third-order valence-corrected chi connectivity index (χ3v) is 2.25. The fraction of sp³-hybridized carbons (Fsp3) is 0.500. The molecule has 0 nitrogen and oxygen atoms in total. The van der Waals surface area contributed by atoms with Crippen LogP contribution in [0.1, 0.15) is 30.5 Å². The Morgan fingerprint density at radius 1 is 1.15 bits per heavy atom. The van der Waals surface area contributed by atoms with Crippen LogP contribution < -0.4 is 0 Å². The van der Waals surface area contributed by atoms with Crippen LogP contribution in [0.25, 0.3) is 0 Å². The van der Waals surface area contributed by atoms with Crippen LogP contribution >= 0.6 is 0 Å². The van der Waals surface area contributed by atoms with Gasteiger partial charge >= 0.3 is 0 Å². The van der Waals surface area contributed by atoms with Gasteiger partial charge in [0.1, 0.15) is 5.82 Å². The van der Waals surface area contributed by atoms with E-state index in [0.717, 1.165) is 17.5 Å². The Balaban J connectivity index is 3.01. The average Bonchev–Trinajstić information content (AvgIpc) is 1.99. The monoisotopic (exact) mass is 180 g/mol. The molecule has 0 saturated carbocycles. The fourth-order valence-corrected chi connectivity index (χ4v) is 1.50. The summed E-state index contributed by atoms with van der Waals surface area (Å²) in [5.74, 6) is 0.536. The zero-order valence-corrected chi connectivity index (χ0v) is 8.82. The lowest BCUT2D eigenvalue weighted by atomic mass is 9.97. The molecule has 1 heteroatoms. The van der Waals surface area contributed by atoms with Crippen molar-refractivity contribution in [3.8, 4) is 0 Å². The molecule has 0 atom stereocenters. The number of benzene rings is 1. The van der Waals surface area contributed by atoms with Gasteiger partial charge in [0.15, 0.2) is 0 Å². The molecule has 0 aliphatic carbocycles. The van der Waals surface area contributed by atoms with Crippen molar-refractivity contribution >= 4 is 0 Å². The van der Waals surface area contributed by atoms with Gasteiger partial charge in [0.25, 0.3) is 0 Å². The summed E-state index contributed by atoms with van der Waals surface area (Å²) in [5, 5.41) is 0. The smallest absolute Gasteiger partial charge is 0.126 e. The predicted molar refractivity (Wildman–Crippen MR) is 54.4 cm³/mol. The first kappa shape index (κ1) is 10.2. The van der Waals surface area contributed by atoms with E-state index in [4.69, 9.17) is 0 Å². The summed E-state index contributed by atoms with van der Waals surface area (Å²) in [6.45, 7) is 8.15. The molecule has 0 heterocycles. The second-order valence-electron chi connectivity index (χ2n) is 4.13. The highest BCUT2D eigenvalue weighted by Gasteiger charge is 2.05. The summed E-state index contributed by atoms with van der Waals surface area (Å²) in [4.78, 5) is 0. The van der Waals surface area contributed by atoms with E-state index in [0.29, 0.717) is 5.92 Å². The standard InChI is InChI=1S/C12H17F/c1-8(2)5-11-6-10(4)12(13)7-9(11)3/h6-8H,5H2,1-4H3. The minimum absolute atomic E-state index is 0.0926. The van der Waals surface area contributed by atoms with Gasteiger partial charge in [-0.1, -0.05) is 19.9 Å². The molecule has 1 rings (SSSR count). The van der Waals surface area contributed by atoms with Crippen LogP contribution in [0.2, 0.25) is 0 Å². The molecule has 0 fully saturated rings. The summed E-state index contributed by atoms with van der Waals surface area (Å²) in [6, 6.07) is 3.59. The van der Waals surface area contributed by atoms with Crippen molar-refractivity contribution in [1.82, 2.24) is 0 Å². The van der Waals surface area contributed by atoms with Crippen LogP contribution in [-0.4, -0.2) is 0 Å². The second-order valence-corrected chi connectivity index (χ2v) is 4.13. The zero-order valence-electron chi connectivity index (χ0n) is 8.82. The third kappa shape index (κ3) is 2.55. The lowest BCUT2D eigenvalue weighted by Gasteiger charge is -2.10. The average molecular weight is 180 g/mol. The Morgan fingerprint density at radius 3 is 2.31 bits per heavy atom. The van der Waals surface area contributed by atoms with Crippen molar-refractivity contribution in [2.24, 2.45) is 5.92 Å². The van der Waals surface area contributed by atoms with Crippen molar-refractivity contribution in [1.29, 1.82) is 0 Å². The molecule has 0 saturated heterocycles. The van der Waals surface area contributed by atoms with Crippen LogP contribution in [0.5, 0.6) is 0 Å². The van der Waals surface area contributed by atoms with E-state index in [2.05, 4.69) is 13.8 Å². The molecule has 72 valence electrons. The van der Waals surface area contributed by atoms with Gasteiger partial charge in [0.05, 0.1) is 0 Å². The Labute approximate surface area is 79.8 Å². The number of hydrogen-bond donors (Lipinski definition) is 0. The summed E-state index contributed by atoms with van der Waals surface area (Å²) < 4.78 is 13.1. The van der Waals surface area contributed by atoms with E-state index < -0.39 is 0 Å². The van der Waals surface area contributed by atoms with Gasteiger partial charge in [0, 0.05) is 0 Å². The zero-order chi connectivity index (χ0) is 10.0. The third-order valence-electron chi connectivity index (χ3n) is 2.25. The van der Waals surface area contributed by atoms with Crippen LogP contribution in [0.15, 0.2) is 12.1 Å². The lowest BCUT2D eigenvalue weighted by Crippen LogP contribution is -1.98.